The first-order valence-corrected chi connectivity index (χ1v) is 8.11. The fourth-order valence-corrected chi connectivity index (χ4v) is 3.28. The molecular formula is C14H20Br2N2O2. The van der Waals surface area contributed by atoms with Gasteiger partial charge in [-0.15, -0.1) is 0 Å². The molecule has 1 atom stereocenters. The summed E-state index contributed by atoms with van der Waals surface area (Å²) in [6.45, 7) is 5.22. The Kier molecular flexibility index (Phi) is 7.55. The molecule has 0 saturated carbocycles. The van der Waals surface area contributed by atoms with Crippen LogP contribution in [0, 0.1) is 0 Å². The molecule has 0 saturated heterocycles. The number of hydrogen-bond acceptors (Lipinski definition) is 3. The van der Waals surface area contributed by atoms with Gasteiger partial charge in [0.05, 0.1) is 22.1 Å². The molecule has 0 aliphatic carbocycles. The molecule has 112 valence electrons. The van der Waals surface area contributed by atoms with E-state index in [9.17, 15) is 4.79 Å². The zero-order valence-electron chi connectivity index (χ0n) is 11.9. The van der Waals surface area contributed by atoms with Crippen LogP contribution in [0.25, 0.3) is 0 Å². The van der Waals surface area contributed by atoms with Gasteiger partial charge in [-0.25, -0.2) is 0 Å². The lowest BCUT2D eigenvalue weighted by Gasteiger charge is -2.15. The Hall–Kier alpha value is -0.590. The number of nitrogens with one attached hydrogen (secondary N) is 2. The summed E-state index contributed by atoms with van der Waals surface area (Å²) < 4.78 is 7.03. The maximum atomic E-state index is 11.7. The molecule has 1 aromatic rings. The van der Waals surface area contributed by atoms with Crippen molar-refractivity contribution >= 4 is 37.8 Å². The number of ether oxygens (including phenoxy) is 1. The van der Waals surface area contributed by atoms with Crippen LogP contribution in [0.5, 0.6) is 5.75 Å². The van der Waals surface area contributed by atoms with Crippen LogP contribution in [0.1, 0.15) is 25.8 Å². The summed E-state index contributed by atoms with van der Waals surface area (Å²) >= 11 is 6.93. The predicted octanol–water partition coefficient (Wildman–Crippen LogP) is 3.22. The van der Waals surface area contributed by atoms with Gasteiger partial charge >= 0.3 is 0 Å². The number of rotatable bonds is 7. The molecule has 0 aliphatic heterocycles. The van der Waals surface area contributed by atoms with E-state index < -0.39 is 0 Å². The summed E-state index contributed by atoms with van der Waals surface area (Å²) in [5.41, 5.74) is 1.07. The van der Waals surface area contributed by atoms with Gasteiger partial charge in [0.15, 0.2) is 0 Å². The third-order valence-electron chi connectivity index (χ3n) is 2.82. The molecule has 1 aromatic carbocycles. The van der Waals surface area contributed by atoms with E-state index in [0.717, 1.165) is 26.7 Å². The monoisotopic (exact) mass is 406 g/mol. The maximum Gasteiger partial charge on any atom is 0.236 e. The van der Waals surface area contributed by atoms with E-state index in [2.05, 4.69) is 42.5 Å². The van der Waals surface area contributed by atoms with E-state index in [1.54, 1.807) is 7.11 Å². The number of halogens is 2. The molecule has 0 aliphatic rings. The molecule has 0 fully saturated rings. The highest BCUT2D eigenvalue weighted by Gasteiger charge is 2.12. The highest BCUT2D eigenvalue weighted by Crippen LogP contribution is 2.34. The first kappa shape index (κ1) is 17.5. The van der Waals surface area contributed by atoms with Crippen molar-refractivity contribution in [1.82, 2.24) is 10.6 Å². The summed E-state index contributed by atoms with van der Waals surface area (Å²) in [5, 5.41) is 6.07. The molecular weight excluding hydrogens is 388 g/mol. The molecule has 4 nitrogen and oxygen atoms in total. The van der Waals surface area contributed by atoms with Crippen LogP contribution in [-0.4, -0.2) is 25.6 Å². The van der Waals surface area contributed by atoms with Crippen molar-refractivity contribution in [2.24, 2.45) is 0 Å². The predicted molar refractivity (Wildman–Crippen MR) is 88.0 cm³/mol. The molecule has 20 heavy (non-hydrogen) atoms. The third kappa shape index (κ3) is 5.07. The Morgan fingerprint density at radius 1 is 1.35 bits per heavy atom. The summed E-state index contributed by atoms with van der Waals surface area (Å²) in [4.78, 5) is 11.7. The number of carbonyl (C=O) groups is 1. The van der Waals surface area contributed by atoms with Crippen molar-refractivity contribution < 1.29 is 9.53 Å². The number of methoxy groups -OCH3 is 1. The second-order valence-corrected chi connectivity index (χ2v) is 6.20. The highest BCUT2D eigenvalue weighted by molar-refractivity contribution is 9.11. The van der Waals surface area contributed by atoms with Gasteiger partial charge in [0.2, 0.25) is 5.91 Å². The smallest absolute Gasteiger partial charge is 0.236 e. The Morgan fingerprint density at radius 3 is 2.45 bits per heavy atom. The molecule has 0 spiro atoms. The molecule has 0 radical (unpaired) electrons. The molecule has 6 heteroatoms. The minimum Gasteiger partial charge on any atom is -0.494 e. The van der Waals surface area contributed by atoms with E-state index in [0.29, 0.717) is 13.1 Å². The lowest BCUT2D eigenvalue weighted by atomic mass is 10.2. The number of hydrogen-bond donors (Lipinski definition) is 2. The van der Waals surface area contributed by atoms with E-state index >= 15 is 0 Å². The molecule has 1 rings (SSSR count). The Morgan fingerprint density at radius 2 is 1.95 bits per heavy atom. The van der Waals surface area contributed by atoms with Crippen molar-refractivity contribution in [2.45, 2.75) is 32.9 Å². The van der Waals surface area contributed by atoms with Crippen LogP contribution in [-0.2, 0) is 11.3 Å². The van der Waals surface area contributed by atoms with Crippen molar-refractivity contribution in [1.29, 1.82) is 0 Å². The van der Waals surface area contributed by atoms with Crippen molar-refractivity contribution in [3.05, 3.63) is 26.6 Å². The summed E-state index contributed by atoms with van der Waals surface area (Å²) in [7, 11) is 1.63. The minimum atomic E-state index is -0.221. The highest BCUT2D eigenvalue weighted by atomic mass is 79.9. The average Bonchev–Trinajstić information content (AvgIpc) is 2.41. The van der Waals surface area contributed by atoms with E-state index in [-0.39, 0.29) is 11.9 Å². The Balaban J connectivity index is 2.59. The number of benzene rings is 1. The Labute approximate surface area is 136 Å². The van der Waals surface area contributed by atoms with Gasteiger partial charge in [-0.2, -0.15) is 0 Å². The van der Waals surface area contributed by atoms with Crippen LogP contribution >= 0.6 is 31.9 Å². The lowest BCUT2D eigenvalue weighted by Crippen LogP contribution is -2.42. The standard InChI is InChI=1S/C14H20Br2N2O2/c1-4-5-17-14(19)9(2)18-8-10-6-11(15)13(20-3)12(16)7-10/h6-7,9,18H,4-5,8H2,1-3H3,(H,17,19). The van der Waals surface area contributed by atoms with Gasteiger partial charge in [0.25, 0.3) is 0 Å². The first-order chi connectivity index (χ1) is 9.49. The fourth-order valence-electron chi connectivity index (χ4n) is 1.67. The second-order valence-electron chi connectivity index (χ2n) is 4.49. The SMILES string of the molecule is CCCNC(=O)C(C)NCc1cc(Br)c(OC)c(Br)c1. The van der Waals surface area contributed by atoms with Gasteiger partial charge in [-0.3, -0.25) is 4.79 Å². The van der Waals surface area contributed by atoms with E-state index in [1.807, 2.05) is 26.0 Å². The molecule has 0 aromatic heterocycles. The topological polar surface area (TPSA) is 50.4 Å². The fraction of sp³-hybridized carbons (Fsp3) is 0.500. The quantitative estimate of drug-likeness (QED) is 0.729. The van der Waals surface area contributed by atoms with Crippen LogP contribution in [0.2, 0.25) is 0 Å². The number of carbonyl (C=O) groups excluding carboxylic acids is 1. The summed E-state index contributed by atoms with van der Waals surface area (Å²) in [5.74, 6) is 0.793. The van der Waals surface area contributed by atoms with Crippen LogP contribution < -0.4 is 15.4 Å². The maximum absolute atomic E-state index is 11.7. The van der Waals surface area contributed by atoms with E-state index in [4.69, 9.17) is 4.74 Å². The largest absolute Gasteiger partial charge is 0.494 e. The van der Waals surface area contributed by atoms with Gasteiger partial charge < -0.3 is 15.4 Å². The molecule has 1 amide bonds. The zero-order chi connectivity index (χ0) is 15.1. The van der Waals surface area contributed by atoms with Gasteiger partial charge in [0, 0.05) is 13.1 Å². The van der Waals surface area contributed by atoms with Crippen molar-refractivity contribution in [3.63, 3.8) is 0 Å². The lowest BCUT2D eigenvalue weighted by molar-refractivity contribution is -0.122. The summed E-state index contributed by atoms with van der Waals surface area (Å²) in [6, 6.07) is 3.74. The average molecular weight is 408 g/mol. The van der Waals surface area contributed by atoms with Crippen LogP contribution in [0.3, 0.4) is 0 Å². The number of amides is 1. The van der Waals surface area contributed by atoms with Crippen molar-refractivity contribution in [2.75, 3.05) is 13.7 Å². The Bertz CT molecular complexity index is 443. The van der Waals surface area contributed by atoms with Crippen LogP contribution in [0.15, 0.2) is 21.1 Å². The first-order valence-electron chi connectivity index (χ1n) is 6.52. The van der Waals surface area contributed by atoms with Crippen molar-refractivity contribution in [3.8, 4) is 5.75 Å². The van der Waals surface area contributed by atoms with Gasteiger partial charge in [-0.05, 0) is 62.9 Å². The molecule has 0 bridgehead atoms. The third-order valence-corrected chi connectivity index (χ3v) is 4.00. The summed E-state index contributed by atoms with van der Waals surface area (Å²) in [6.07, 6.45) is 0.941. The zero-order valence-corrected chi connectivity index (χ0v) is 15.1. The normalized spacial score (nSPS) is 12.1. The molecule has 2 N–H and O–H groups in total. The second kappa shape index (κ2) is 8.64. The van der Waals surface area contributed by atoms with Gasteiger partial charge in [-0.1, -0.05) is 6.92 Å². The van der Waals surface area contributed by atoms with E-state index in [1.165, 1.54) is 0 Å². The minimum absolute atomic E-state index is 0.0264. The molecule has 0 heterocycles. The van der Waals surface area contributed by atoms with Crippen LogP contribution in [0.4, 0.5) is 0 Å². The van der Waals surface area contributed by atoms with Gasteiger partial charge in [0.1, 0.15) is 5.75 Å². The molecule has 1 unspecified atom stereocenters.